The molecule has 2 aromatic heterocycles. The van der Waals surface area contributed by atoms with E-state index in [0.717, 1.165) is 16.9 Å². The van der Waals surface area contributed by atoms with Gasteiger partial charge in [-0.3, -0.25) is 14.0 Å². The summed E-state index contributed by atoms with van der Waals surface area (Å²) in [4.78, 5) is 24.3. The van der Waals surface area contributed by atoms with Crippen LogP contribution in [0.4, 0.5) is 13.2 Å². The molecule has 1 aromatic carbocycles. The second-order valence-electron chi connectivity index (χ2n) is 5.13. The average molecular weight is 426 g/mol. The summed E-state index contributed by atoms with van der Waals surface area (Å²) in [6, 6.07) is 13.7. The predicted molar refractivity (Wildman–Crippen MR) is 114 cm³/mol. The monoisotopic (exact) mass is 426 g/mol. The largest absolute Gasteiger partial charge is 0.386 e. The molecule has 166 valence electrons. The Balaban J connectivity index is 0. The first kappa shape index (κ1) is 29.0. The maximum atomic E-state index is 11.3. The summed E-state index contributed by atoms with van der Waals surface area (Å²) < 4.78 is 33.1. The zero-order valence-electron chi connectivity index (χ0n) is 17.8. The Hall–Kier alpha value is -3.20. The van der Waals surface area contributed by atoms with Crippen LogP contribution < -0.4 is 11.5 Å². The number of fused-ring (bicyclic) bond motifs is 1. The van der Waals surface area contributed by atoms with Crippen LogP contribution in [0.15, 0.2) is 54.9 Å². The van der Waals surface area contributed by atoms with Gasteiger partial charge in [0, 0.05) is 24.2 Å². The van der Waals surface area contributed by atoms with Gasteiger partial charge in [-0.05, 0) is 26.1 Å². The number of alkyl halides is 3. The minimum atomic E-state index is -4.00. The fourth-order valence-electron chi connectivity index (χ4n) is 2.02. The highest BCUT2D eigenvalue weighted by Gasteiger charge is 2.15. The summed E-state index contributed by atoms with van der Waals surface area (Å²) in [5, 5.41) is 0. The third-order valence-electron chi connectivity index (χ3n) is 2.99. The van der Waals surface area contributed by atoms with Crippen molar-refractivity contribution < 1.29 is 22.8 Å². The van der Waals surface area contributed by atoms with E-state index in [4.69, 9.17) is 4.79 Å². The summed E-state index contributed by atoms with van der Waals surface area (Å²) in [7, 11) is 1.50. The highest BCUT2D eigenvalue weighted by atomic mass is 19.4. The second-order valence-corrected chi connectivity index (χ2v) is 5.13. The first-order chi connectivity index (χ1) is 14.2. The van der Waals surface area contributed by atoms with E-state index in [2.05, 4.69) is 16.5 Å². The minimum Gasteiger partial charge on any atom is -0.372 e. The number of benzene rings is 1. The summed E-state index contributed by atoms with van der Waals surface area (Å²) in [6.45, 7) is 5.75. The maximum Gasteiger partial charge on any atom is 0.386 e. The molecule has 9 heteroatoms. The first-order valence-corrected chi connectivity index (χ1v) is 9.00. The van der Waals surface area contributed by atoms with Gasteiger partial charge in [0.05, 0.1) is 11.9 Å². The summed E-state index contributed by atoms with van der Waals surface area (Å²) in [6.07, 6.45) is -0.0318. The third kappa shape index (κ3) is 11.6. The van der Waals surface area contributed by atoms with Crippen LogP contribution >= 0.6 is 0 Å². The maximum absolute atomic E-state index is 11.3. The van der Waals surface area contributed by atoms with E-state index >= 15 is 0 Å². The standard InChI is InChI=1S/C15H12N2O.C2H3F3.C2H6.CH3NO.CH5N/c1-11(18)13-7-8-17-14(10-16-15(17)9-13)12-5-3-2-4-6-12;1-2(3,4)5;1-2;2-1-3;1-2/h2-10H,1H3;1H3;1-2H3;1H,(H2,2,3);2H2,1H3. The van der Waals surface area contributed by atoms with Crippen molar-refractivity contribution in [2.24, 2.45) is 11.5 Å². The Bertz CT molecular complexity index is 858. The molecule has 0 atom stereocenters. The molecule has 6 nitrogen and oxygen atoms in total. The number of imidazole rings is 1. The molecular formula is C21H29F3N4O2. The number of carbonyl (C=O) groups is 2. The molecule has 3 rings (SSSR count). The highest BCUT2D eigenvalue weighted by molar-refractivity contribution is 5.95. The quantitative estimate of drug-likeness (QED) is 0.466. The molecule has 30 heavy (non-hydrogen) atoms. The van der Waals surface area contributed by atoms with Crippen LogP contribution in [0, 0.1) is 0 Å². The Morgan fingerprint density at radius 1 is 1.10 bits per heavy atom. The van der Waals surface area contributed by atoms with Gasteiger partial charge >= 0.3 is 6.18 Å². The van der Waals surface area contributed by atoms with E-state index in [0.29, 0.717) is 5.56 Å². The van der Waals surface area contributed by atoms with E-state index < -0.39 is 6.18 Å². The number of halogens is 3. The lowest BCUT2D eigenvalue weighted by atomic mass is 10.1. The molecule has 0 radical (unpaired) electrons. The van der Waals surface area contributed by atoms with Crippen LogP contribution in [0.1, 0.15) is 38.1 Å². The van der Waals surface area contributed by atoms with E-state index in [1.807, 2.05) is 73.1 Å². The van der Waals surface area contributed by atoms with Gasteiger partial charge in [0.2, 0.25) is 6.41 Å². The normalized spacial score (nSPS) is 9.23. The fraction of sp³-hybridized carbons (Fsp3) is 0.286. The topological polar surface area (TPSA) is 103 Å². The lowest BCUT2D eigenvalue weighted by Crippen LogP contribution is -1.95. The predicted octanol–water partition coefficient (Wildman–Crippen LogP) is 4.48. The minimum absolute atomic E-state index is 0.0572. The molecule has 2 heterocycles. The third-order valence-corrected chi connectivity index (χ3v) is 2.99. The number of primary amides is 1. The van der Waals surface area contributed by atoms with E-state index in [-0.39, 0.29) is 19.1 Å². The zero-order valence-corrected chi connectivity index (χ0v) is 17.8. The molecule has 4 N–H and O–H groups in total. The average Bonchev–Trinajstić information content (AvgIpc) is 3.14. The Kier molecular flexibility index (Phi) is 15.2. The molecule has 0 bridgehead atoms. The number of amides is 1. The zero-order chi connectivity index (χ0) is 23.7. The summed E-state index contributed by atoms with van der Waals surface area (Å²) >= 11 is 0. The Morgan fingerprint density at radius 3 is 2.00 bits per heavy atom. The molecule has 0 fully saturated rings. The number of hydrogen-bond donors (Lipinski definition) is 2. The van der Waals surface area contributed by atoms with Crippen molar-refractivity contribution in [3.8, 4) is 11.3 Å². The van der Waals surface area contributed by atoms with E-state index in [1.165, 1.54) is 7.05 Å². The second kappa shape index (κ2) is 15.7. The van der Waals surface area contributed by atoms with Crippen LogP contribution in [0.2, 0.25) is 0 Å². The van der Waals surface area contributed by atoms with Crippen LogP contribution in [-0.2, 0) is 4.79 Å². The van der Waals surface area contributed by atoms with Crippen LogP contribution in [0.5, 0.6) is 0 Å². The lowest BCUT2D eigenvalue weighted by molar-refractivity contribution is -0.110. The van der Waals surface area contributed by atoms with Gasteiger partial charge in [-0.2, -0.15) is 13.2 Å². The van der Waals surface area contributed by atoms with Gasteiger partial charge in [-0.15, -0.1) is 0 Å². The van der Waals surface area contributed by atoms with Crippen LogP contribution in [0.25, 0.3) is 16.9 Å². The van der Waals surface area contributed by atoms with Crippen molar-refractivity contribution in [3.05, 3.63) is 60.4 Å². The molecule has 0 aliphatic heterocycles. The van der Waals surface area contributed by atoms with Gasteiger partial charge in [-0.1, -0.05) is 44.2 Å². The van der Waals surface area contributed by atoms with Crippen molar-refractivity contribution in [3.63, 3.8) is 0 Å². The molecule has 0 aliphatic rings. The van der Waals surface area contributed by atoms with Gasteiger partial charge < -0.3 is 11.5 Å². The highest BCUT2D eigenvalue weighted by Crippen LogP contribution is 2.21. The number of rotatable bonds is 2. The molecule has 0 spiro atoms. The van der Waals surface area contributed by atoms with Gasteiger partial charge in [0.25, 0.3) is 0 Å². The number of pyridine rings is 1. The van der Waals surface area contributed by atoms with Crippen molar-refractivity contribution >= 4 is 17.8 Å². The van der Waals surface area contributed by atoms with E-state index in [9.17, 15) is 18.0 Å². The molecule has 3 aromatic rings. The molecule has 0 saturated carbocycles. The lowest BCUT2D eigenvalue weighted by Gasteiger charge is -2.02. The summed E-state index contributed by atoms with van der Waals surface area (Å²) in [5.41, 5.74) is 12.3. The van der Waals surface area contributed by atoms with Gasteiger partial charge in [0.1, 0.15) is 5.65 Å². The fourth-order valence-corrected chi connectivity index (χ4v) is 2.02. The molecule has 0 saturated heterocycles. The van der Waals surface area contributed by atoms with Gasteiger partial charge in [-0.25, -0.2) is 4.98 Å². The number of Topliss-reactive ketones (excluding diaryl/α,β-unsaturated/α-hetero) is 1. The number of carbonyl (C=O) groups excluding carboxylic acids is 2. The van der Waals surface area contributed by atoms with Crippen molar-refractivity contribution in [2.45, 2.75) is 33.9 Å². The Labute approximate surface area is 174 Å². The number of nitrogens with zero attached hydrogens (tertiary/aromatic N) is 2. The molecule has 1 amide bonds. The van der Waals surface area contributed by atoms with Crippen molar-refractivity contribution in [1.29, 1.82) is 0 Å². The smallest absolute Gasteiger partial charge is 0.372 e. The van der Waals surface area contributed by atoms with Crippen molar-refractivity contribution in [1.82, 2.24) is 9.38 Å². The molecular weight excluding hydrogens is 397 g/mol. The van der Waals surface area contributed by atoms with Crippen LogP contribution in [0.3, 0.4) is 0 Å². The SMILES string of the molecule is CC.CC(=O)c1ccn2c(-c3ccccc3)cnc2c1.CC(F)(F)F.CN.NC=O. The van der Waals surface area contributed by atoms with Gasteiger partial charge in [0.15, 0.2) is 5.78 Å². The molecule has 0 aliphatic carbocycles. The number of ketones is 1. The molecule has 0 unspecified atom stereocenters. The number of hydrogen-bond acceptors (Lipinski definition) is 4. The number of aromatic nitrogens is 2. The summed E-state index contributed by atoms with van der Waals surface area (Å²) in [5.74, 6) is 0.0572. The van der Waals surface area contributed by atoms with Crippen LogP contribution in [-0.4, -0.2) is 34.8 Å². The Morgan fingerprint density at radius 2 is 1.57 bits per heavy atom. The first-order valence-electron chi connectivity index (χ1n) is 9.00. The number of nitrogens with two attached hydrogens (primary N) is 2. The van der Waals surface area contributed by atoms with Crippen molar-refractivity contribution in [2.75, 3.05) is 7.05 Å². The van der Waals surface area contributed by atoms with E-state index in [1.54, 1.807) is 6.92 Å².